The minimum atomic E-state index is -2.99. The Morgan fingerprint density at radius 3 is 2.66 bits per heavy atom. The Hall–Kier alpha value is -4.25. The number of carbonyl (C=O) groups excluding carboxylic acids is 1. The minimum Gasteiger partial charge on any atom is -0.434 e. The normalized spacial score (nSPS) is 18.2. The first-order valence-electron chi connectivity index (χ1n) is 11.2. The van der Waals surface area contributed by atoms with Gasteiger partial charge in [0, 0.05) is 47.6 Å². The van der Waals surface area contributed by atoms with Crippen molar-refractivity contribution >= 4 is 16.9 Å². The zero-order valence-electron chi connectivity index (χ0n) is 19.0. The Kier molecular flexibility index (Phi) is 4.81. The first-order valence-corrected chi connectivity index (χ1v) is 11.2. The van der Waals surface area contributed by atoms with Gasteiger partial charge in [0.2, 0.25) is 0 Å². The van der Waals surface area contributed by atoms with E-state index in [1.807, 2.05) is 41.8 Å². The second-order valence-electron chi connectivity index (χ2n) is 8.76. The lowest BCUT2D eigenvalue weighted by molar-refractivity contribution is -0.0507. The Bertz CT molecular complexity index is 1550. The van der Waals surface area contributed by atoms with Crippen LogP contribution in [0.2, 0.25) is 0 Å². The average molecular weight is 470 g/mol. The topological polar surface area (TPSA) is 60.2 Å². The summed E-state index contributed by atoms with van der Waals surface area (Å²) < 4.78 is 33.4. The van der Waals surface area contributed by atoms with Gasteiger partial charge in [-0.3, -0.25) is 9.78 Å². The maximum atomic E-state index is 13.2. The number of amides is 1. The summed E-state index contributed by atoms with van der Waals surface area (Å²) in [6, 6.07) is 13.7. The number of aromatic nitrogens is 3. The Morgan fingerprint density at radius 1 is 1.09 bits per heavy atom. The van der Waals surface area contributed by atoms with Crippen LogP contribution in [-0.2, 0) is 0 Å². The number of imidazole rings is 1. The van der Waals surface area contributed by atoms with Gasteiger partial charge in [-0.25, -0.2) is 4.98 Å². The molecule has 2 atom stereocenters. The average Bonchev–Trinajstić information content (AvgIpc) is 3.36. The number of rotatable bonds is 2. The van der Waals surface area contributed by atoms with Crippen LogP contribution in [0.25, 0.3) is 11.0 Å². The van der Waals surface area contributed by atoms with Crippen LogP contribution in [0, 0.1) is 18.8 Å². The van der Waals surface area contributed by atoms with E-state index in [-0.39, 0.29) is 23.7 Å². The van der Waals surface area contributed by atoms with E-state index in [4.69, 9.17) is 9.72 Å². The quantitative estimate of drug-likeness (QED) is 0.393. The fraction of sp³-hybridized carbons (Fsp3) is 0.222. The van der Waals surface area contributed by atoms with Crippen molar-refractivity contribution in [2.24, 2.45) is 0 Å². The summed E-state index contributed by atoms with van der Waals surface area (Å²) in [6.45, 7) is -1.07. The predicted octanol–water partition coefficient (Wildman–Crippen LogP) is 4.86. The summed E-state index contributed by atoms with van der Waals surface area (Å²) in [6.07, 6.45) is 2.26. The number of fused-ring (bicyclic) bond motifs is 9. The molecule has 4 heterocycles. The molecule has 2 bridgehead atoms. The zero-order valence-corrected chi connectivity index (χ0v) is 19.0. The van der Waals surface area contributed by atoms with Gasteiger partial charge in [-0.15, -0.1) is 0 Å². The predicted molar refractivity (Wildman–Crippen MR) is 125 cm³/mol. The molecule has 0 fully saturated rings. The monoisotopic (exact) mass is 470 g/mol. The minimum absolute atomic E-state index is 0.0161. The van der Waals surface area contributed by atoms with E-state index in [2.05, 4.69) is 16.8 Å². The summed E-state index contributed by atoms with van der Waals surface area (Å²) in [5.74, 6) is 6.82. The fourth-order valence-electron chi connectivity index (χ4n) is 5.04. The molecule has 2 aromatic heterocycles. The molecule has 0 N–H and O–H groups in total. The fourth-order valence-corrected chi connectivity index (χ4v) is 5.04. The van der Waals surface area contributed by atoms with Crippen molar-refractivity contribution in [2.45, 2.75) is 32.0 Å². The molecule has 174 valence electrons. The third-order valence-corrected chi connectivity index (χ3v) is 6.67. The number of alkyl halides is 2. The van der Waals surface area contributed by atoms with E-state index >= 15 is 0 Å². The van der Waals surface area contributed by atoms with E-state index in [0.29, 0.717) is 17.5 Å². The zero-order chi connectivity index (χ0) is 24.3. The molecule has 0 radical (unpaired) electrons. The van der Waals surface area contributed by atoms with Crippen molar-refractivity contribution in [1.82, 2.24) is 19.4 Å². The number of nitrogens with zero attached hydrogens (tertiary/aromatic N) is 4. The van der Waals surface area contributed by atoms with Gasteiger partial charge in [-0.2, -0.15) is 8.78 Å². The lowest BCUT2D eigenvalue weighted by Crippen LogP contribution is -2.30. The van der Waals surface area contributed by atoms with Crippen LogP contribution in [0.15, 0.2) is 54.7 Å². The summed E-state index contributed by atoms with van der Waals surface area (Å²) in [4.78, 5) is 23.9. The van der Waals surface area contributed by atoms with Gasteiger partial charge >= 0.3 is 6.61 Å². The number of hydrogen-bond acceptors (Lipinski definition) is 4. The summed E-state index contributed by atoms with van der Waals surface area (Å²) >= 11 is 0. The van der Waals surface area contributed by atoms with Gasteiger partial charge in [0.05, 0.1) is 23.1 Å². The van der Waals surface area contributed by atoms with Crippen LogP contribution in [-0.4, -0.2) is 39.0 Å². The molecule has 35 heavy (non-hydrogen) atoms. The number of benzene rings is 2. The lowest BCUT2D eigenvalue weighted by atomic mass is 9.97. The second kappa shape index (κ2) is 7.91. The highest BCUT2D eigenvalue weighted by atomic mass is 19.3. The van der Waals surface area contributed by atoms with Crippen LogP contribution in [0.4, 0.5) is 8.78 Å². The molecule has 4 aromatic rings. The molecule has 0 saturated carbocycles. The largest absolute Gasteiger partial charge is 0.434 e. The van der Waals surface area contributed by atoms with Gasteiger partial charge < -0.3 is 14.2 Å². The van der Waals surface area contributed by atoms with E-state index in [1.165, 1.54) is 6.07 Å². The molecule has 2 aromatic carbocycles. The SMILES string of the molecule is Cc1ccc(C#Cc2ccc3nc4n(c3c2)[C@@H]2C[C@H]4N(C)C(=O)c3cccc(OC(F)F)c32)cn1. The number of halogens is 2. The van der Waals surface area contributed by atoms with Gasteiger partial charge in [-0.05, 0) is 49.4 Å². The van der Waals surface area contributed by atoms with Gasteiger partial charge in [0.15, 0.2) is 0 Å². The molecule has 2 aliphatic heterocycles. The Morgan fingerprint density at radius 2 is 1.89 bits per heavy atom. The van der Waals surface area contributed by atoms with Crippen LogP contribution in [0.3, 0.4) is 0 Å². The number of aryl methyl sites for hydroxylation is 1. The molecule has 2 aliphatic rings. The smallest absolute Gasteiger partial charge is 0.387 e. The van der Waals surface area contributed by atoms with Crippen molar-refractivity contribution in [3.05, 3.63) is 88.5 Å². The van der Waals surface area contributed by atoms with E-state index in [0.717, 1.165) is 33.7 Å². The maximum absolute atomic E-state index is 13.2. The van der Waals surface area contributed by atoms with Crippen molar-refractivity contribution in [2.75, 3.05) is 7.05 Å². The molecule has 6 rings (SSSR count). The molecule has 0 saturated heterocycles. The first kappa shape index (κ1) is 21.3. The van der Waals surface area contributed by atoms with Crippen molar-refractivity contribution in [3.8, 4) is 17.6 Å². The van der Waals surface area contributed by atoms with Crippen LogP contribution in [0.5, 0.6) is 5.75 Å². The molecule has 0 unspecified atom stereocenters. The van der Waals surface area contributed by atoms with Crippen molar-refractivity contribution in [3.63, 3.8) is 0 Å². The highest BCUT2D eigenvalue weighted by Crippen LogP contribution is 2.49. The molecule has 6 nitrogen and oxygen atoms in total. The van der Waals surface area contributed by atoms with E-state index in [9.17, 15) is 13.6 Å². The number of ether oxygens (including phenoxy) is 1. The standard InChI is InChI=1S/C27H20F2N4O2/c1-15-6-7-17(14-30-15)9-8-16-10-11-19-20(12-16)33-21-13-22(25(33)31-19)32(2)26(34)18-4-3-5-23(24(18)21)35-27(28)29/h3-7,10-12,14,21-22,27H,13H2,1-2H3/t21-,22-/m1/s1. The van der Waals surface area contributed by atoms with Crippen LogP contribution < -0.4 is 4.74 Å². The second-order valence-corrected chi connectivity index (χ2v) is 8.76. The third-order valence-electron chi connectivity index (χ3n) is 6.67. The Balaban J connectivity index is 1.51. The summed E-state index contributed by atoms with van der Waals surface area (Å²) in [5, 5.41) is 0. The van der Waals surface area contributed by atoms with Gasteiger partial charge in [-0.1, -0.05) is 17.9 Å². The molecule has 1 amide bonds. The van der Waals surface area contributed by atoms with Crippen molar-refractivity contribution in [1.29, 1.82) is 0 Å². The number of carbonyl (C=O) groups is 1. The number of hydrogen-bond donors (Lipinski definition) is 0. The summed E-state index contributed by atoms with van der Waals surface area (Å²) in [5.41, 5.74) is 4.95. The molecule has 0 spiro atoms. The summed E-state index contributed by atoms with van der Waals surface area (Å²) in [7, 11) is 1.72. The van der Waals surface area contributed by atoms with E-state index in [1.54, 1.807) is 30.3 Å². The highest BCUT2D eigenvalue weighted by molar-refractivity contribution is 5.97. The van der Waals surface area contributed by atoms with Gasteiger partial charge in [0.25, 0.3) is 5.91 Å². The molecule has 0 aliphatic carbocycles. The Labute approximate surface area is 200 Å². The third kappa shape index (κ3) is 3.43. The maximum Gasteiger partial charge on any atom is 0.387 e. The lowest BCUT2D eigenvalue weighted by Gasteiger charge is -2.24. The first-order chi connectivity index (χ1) is 16.9. The van der Waals surface area contributed by atoms with Crippen LogP contribution >= 0.6 is 0 Å². The molecular formula is C27H20F2N4O2. The van der Waals surface area contributed by atoms with E-state index < -0.39 is 6.61 Å². The van der Waals surface area contributed by atoms with Gasteiger partial charge in [0.1, 0.15) is 11.6 Å². The van der Waals surface area contributed by atoms with Crippen LogP contribution in [0.1, 0.15) is 57.1 Å². The molecule has 8 heteroatoms. The molecular weight excluding hydrogens is 450 g/mol. The highest BCUT2D eigenvalue weighted by Gasteiger charge is 2.44. The van der Waals surface area contributed by atoms with Crippen molar-refractivity contribution < 1.29 is 18.3 Å². The number of pyridine rings is 1.